The molecule has 0 saturated carbocycles. The van der Waals surface area contributed by atoms with Gasteiger partial charge < -0.3 is 0 Å². The van der Waals surface area contributed by atoms with Gasteiger partial charge in [0.2, 0.25) is 0 Å². The quantitative estimate of drug-likeness (QED) is 0.610. The molecule has 0 fully saturated rings. The van der Waals surface area contributed by atoms with E-state index in [0.717, 1.165) is 29.5 Å². The van der Waals surface area contributed by atoms with Gasteiger partial charge in [0.25, 0.3) is 0 Å². The normalized spacial score (nSPS) is 15.0. The van der Waals surface area contributed by atoms with E-state index in [2.05, 4.69) is 60.1 Å². The first kappa shape index (κ1) is 12.3. The Labute approximate surface area is 120 Å². The first-order chi connectivity index (χ1) is 9.90. The zero-order chi connectivity index (χ0) is 13.6. The summed E-state index contributed by atoms with van der Waals surface area (Å²) < 4.78 is 0. The molecule has 0 radical (unpaired) electrons. The lowest BCUT2D eigenvalue weighted by Crippen LogP contribution is -1.78. The average molecular weight is 254 g/mol. The number of allylic oxidation sites excluding steroid dienone is 8. The molecule has 3 rings (SSSR count). The SMILES string of the molecule is C(#Cc1ccc(C#CC2=CC=CC2)cc1)C1=CCC=C1. The monoisotopic (exact) mass is 254 g/mol. The van der Waals surface area contributed by atoms with Crippen molar-refractivity contribution in [1.82, 2.24) is 0 Å². The molecule has 0 aromatic heterocycles. The van der Waals surface area contributed by atoms with E-state index in [0.29, 0.717) is 0 Å². The van der Waals surface area contributed by atoms with Crippen molar-refractivity contribution in [2.75, 3.05) is 0 Å². The lowest BCUT2D eigenvalue weighted by Gasteiger charge is -1.92. The molecule has 2 aliphatic carbocycles. The van der Waals surface area contributed by atoms with Gasteiger partial charge in [0.1, 0.15) is 0 Å². The van der Waals surface area contributed by atoms with Gasteiger partial charge in [0.15, 0.2) is 0 Å². The Hall–Kier alpha value is -2.70. The second kappa shape index (κ2) is 5.96. The van der Waals surface area contributed by atoms with E-state index in [1.807, 2.05) is 24.3 Å². The molecule has 0 N–H and O–H groups in total. The Kier molecular flexibility index (Phi) is 3.68. The smallest absolute Gasteiger partial charge is 0.0249 e. The highest BCUT2D eigenvalue weighted by molar-refractivity contribution is 5.50. The molecule has 1 aromatic rings. The second-order valence-electron chi connectivity index (χ2n) is 4.70. The van der Waals surface area contributed by atoms with Crippen molar-refractivity contribution in [3.05, 3.63) is 83.0 Å². The van der Waals surface area contributed by atoms with Crippen molar-refractivity contribution in [3.8, 4) is 23.7 Å². The summed E-state index contributed by atoms with van der Waals surface area (Å²) in [5, 5.41) is 0. The van der Waals surface area contributed by atoms with Gasteiger partial charge >= 0.3 is 0 Å². The van der Waals surface area contributed by atoms with Crippen LogP contribution < -0.4 is 0 Å². The molecular weight excluding hydrogens is 240 g/mol. The summed E-state index contributed by atoms with van der Waals surface area (Å²) in [6.07, 6.45) is 14.5. The molecule has 0 atom stereocenters. The number of hydrogen-bond acceptors (Lipinski definition) is 0. The Balaban J connectivity index is 1.69. The summed E-state index contributed by atoms with van der Waals surface area (Å²) in [6, 6.07) is 8.10. The molecule has 1 aromatic carbocycles. The zero-order valence-electron chi connectivity index (χ0n) is 11.2. The molecule has 0 amide bonds. The zero-order valence-corrected chi connectivity index (χ0v) is 11.2. The van der Waals surface area contributed by atoms with Crippen molar-refractivity contribution in [3.63, 3.8) is 0 Å². The van der Waals surface area contributed by atoms with Gasteiger partial charge in [-0.1, -0.05) is 60.1 Å². The van der Waals surface area contributed by atoms with Crippen molar-refractivity contribution in [2.45, 2.75) is 12.8 Å². The van der Waals surface area contributed by atoms with Crippen LogP contribution in [0, 0.1) is 23.7 Å². The van der Waals surface area contributed by atoms with E-state index in [1.165, 1.54) is 5.57 Å². The molecule has 0 heteroatoms. The van der Waals surface area contributed by atoms with Gasteiger partial charge in [0, 0.05) is 22.3 Å². The lowest BCUT2D eigenvalue weighted by atomic mass is 10.1. The van der Waals surface area contributed by atoms with Gasteiger partial charge in [-0.05, 0) is 37.1 Å². The van der Waals surface area contributed by atoms with Gasteiger partial charge in [-0.15, -0.1) is 0 Å². The Morgan fingerprint density at radius 2 is 1.55 bits per heavy atom. The molecule has 20 heavy (non-hydrogen) atoms. The van der Waals surface area contributed by atoms with Gasteiger partial charge in [-0.25, -0.2) is 0 Å². The fraction of sp³-hybridized carbons (Fsp3) is 0.100. The molecule has 0 unspecified atom stereocenters. The van der Waals surface area contributed by atoms with Crippen LogP contribution in [0.25, 0.3) is 0 Å². The number of benzene rings is 1. The standard InChI is InChI=1S/C20H14/c1-2-6-17(5-1)9-11-19-13-15-20(16-14-19)12-10-18-7-3-4-8-18/h1-3,5,7-8,13-16H,4,6H2. The Morgan fingerprint density at radius 3 is 2.15 bits per heavy atom. The van der Waals surface area contributed by atoms with E-state index < -0.39 is 0 Å². The molecule has 0 aliphatic heterocycles. The summed E-state index contributed by atoms with van der Waals surface area (Å²) in [5.41, 5.74) is 4.34. The van der Waals surface area contributed by atoms with E-state index in [4.69, 9.17) is 0 Å². The second-order valence-corrected chi connectivity index (χ2v) is 4.70. The third kappa shape index (κ3) is 3.19. The van der Waals surface area contributed by atoms with Crippen LogP contribution in [0.1, 0.15) is 24.0 Å². The minimum atomic E-state index is 0.958. The first-order valence-electron chi connectivity index (χ1n) is 6.77. The summed E-state index contributed by atoms with van der Waals surface area (Å²) >= 11 is 0. The predicted molar refractivity (Wildman–Crippen MR) is 83.9 cm³/mol. The largest absolute Gasteiger partial charge is 0.0795 e. The molecule has 0 nitrogen and oxygen atoms in total. The van der Waals surface area contributed by atoms with E-state index in [1.54, 1.807) is 0 Å². The van der Waals surface area contributed by atoms with E-state index in [-0.39, 0.29) is 0 Å². The van der Waals surface area contributed by atoms with E-state index in [9.17, 15) is 0 Å². The van der Waals surface area contributed by atoms with Crippen molar-refractivity contribution < 1.29 is 0 Å². The summed E-state index contributed by atoms with van der Waals surface area (Å²) in [7, 11) is 0. The topological polar surface area (TPSA) is 0 Å². The van der Waals surface area contributed by atoms with Gasteiger partial charge in [-0.3, -0.25) is 0 Å². The van der Waals surface area contributed by atoms with Crippen LogP contribution in [0.4, 0.5) is 0 Å². The van der Waals surface area contributed by atoms with Crippen LogP contribution in [0.3, 0.4) is 0 Å². The van der Waals surface area contributed by atoms with Crippen molar-refractivity contribution >= 4 is 0 Å². The predicted octanol–water partition coefficient (Wildman–Crippen LogP) is 4.16. The fourth-order valence-electron chi connectivity index (χ4n) is 2.02. The molecule has 0 spiro atoms. The molecule has 0 heterocycles. The van der Waals surface area contributed by atoms with Gasteiger partial charge in [-0.2, -0.15) is 0 Å². The molecule has 94 valence electrons. The van der Waals surface area contributed by atoms with Crippen LogP contribution in [0.2, 0.25) is 0 Å². The van der Waals surface area contributed by atoms with Crippen LogP contribution in [-0.4, -0.2) is 0 Å². The summed E-state index contributed by atoms with van der Waals surface area (Å²) in [6.45, 7) is 0. The maximum Gasteiger partial charge on any atom is 0.0249 e. The highest BCUT2D eigenvalue weighted by Crippen LogP contribution is 2.10. The molecule has 2 aliphatic rings. The average Bonchev–Trinajstić information content (AvgIpc) is 3.17. The van der Waals surface area contributed by atoms with Crippen molar-refractivity contribution in [1.29, 1.82) is 0 Å². The number of hydrogen-bond donors (Lipinski definition) is 0. The van der Waals surface area contributed by atoms with Crippen LogP contribution >= 0.6 is 0 Å². The molecule has 0 bridgehead atoms. The highest BCUT2D eigenvalue weighted by Gasteiger charge is 1.94. The summed E-state index contributed by atoms with van der Waals surface area (Å²) in [4.78, 5) is 0. The minimum absolute atomic E-state index is 0.958. The van der Waals surface area contributed by atoms with Crippen molar-refractivity contribution in [2.24, 2.45) is 0 Å². The maximum atomic E-state index is 3.19. The lowest BCUT2D eigenvalue weighted by molar-refractivity contribution is 1.36. The number of rotatable bonds is 0. The fourth-order valence-corrected chi connectivity index (χ4v) is 2.02. The first-order valence-corrected chi connectivity index (χ1v) is 6.77. The van der Waals surface area contributed by atoms with Crippen LogP contribution in [0.5, 0.6) is 0 Å². The van der Waals surface area contributed by atoms with Crippen LogP contribution in [-0.2, 0) is 0 Å². The Bertz CT molecular complexity index is 742. The van der Waals surface area contributed by atoms with E-state index >= 15 is 0 Å². The Morgan fingerprint density at radius 1 is 0.800 bits per heavy atom. The molecule has 0 saturated heterocycles. The van der Waals surface area contributed by atoms with Crippen LogP contribution in [0.15, 0.2) is 71.9 Å². The third-order valence-corrected chi connectivity index (χ3v) is 3.15. The summed E-state index contributed by atoms with van der Waals surface area (Å²) in [5.74, 6) is 12.7. The minimum Gasteiger partial charge on any atom is -0.0795 e. The van der Waals surface area contributed by atoms with Gasteiger partial charge in [0.05, 0.1) is 0 Å². The molecular formula is C20H14. The highest BCUT2D eigenvalue weighted by atomic mass is 14.0. The maximum absolute atomic E-state index is 3.19. The third-order valence-electron chi connectivity index (χ3n) is 3.15.